The van der Waals surface area contributed by atoms with Gasteiger partial charge in [0.25, 0.3) is 0 Å². The number of nitriles is 1. The zero-order valence-corrected chi connectivity index (χ0v) is 29.0. The highest BCUT2D eigenvalue weighted by Crippen LogP contribution is 2.40. The van der Waals surface area contributed by atoms with Crippen molar-refractivity contribution in [2.75, 3.05) is 0 Å². The molecule has 0 spiro atoms. The molecule has 2 heterocycles. The monoisotopic (exact) mass is 690 g/mol. The van der Waals surface area contributed by atoms with Gasteiger partial charge >= 0.3 is 0 Å². The summed E-state index contributed by atoms with van der Waals surface area (Å²) in [5.74, 6) is 2.37. The van der Waals surface area contributed by atoms with E-state index in [1.54, 1.807) is 0 Å². The number of benzene rings is 7. The first kappa shape index (κ1) is 32.3. The first-order valence-electron chi connectivity index (χ1n) is 17.7. The molecule has 0 saturated carbocycles. The second-order valence-electron chi connectivity index (χ2n) is 12.8. The summed E-state index contributed by atoms with van der Waals surface area (Å²) in [6, 6.07) is 62.8. The van der Waals surface area contributed by atoms with Crippen LogP contribution in [0.2, 0.25) is 0 Å². The quantitative estimate of drug-likeness (QED) is 0.165. The van der Waals surface area contributed by atoms with Gasteiger partial charge in [0.1, 0.15) is 0 Å². The van der Waals surface area contributed by atoms with Crippen LogP contribution in [0.3, 0.4) is 0 Å². The molecule has 2 aromatic heterocycles. The Morgan fingerprint density at radius 2 is 0.833 bits per heavy atom. The molecular weight excluding hydrogens is 661 g/mol. The molecule has 0 saturated heterocycles. The van der Waals surface area contributed by atoms with Crippen molar-refractivity contribution in [2.45, 2.75) is 0 Å². The smallest absolute Gasteiger partial charge is 0.164 e. The standard InChI is InChI=1S/C48H30N6/c49-31-32-26-28-33(29-27-32)36-18-13-19-37(30-36)47-52-46(35-16-5-2-6-17-35)53-48(54-47)41-23-10-8-21-39(41)38-20-7-9-22-40(38)44-42-24-11-12-25-43(42)50-45(51-44)34-14-3-1-4-15-34/h1-30H. The molecule has 0 aliphatic carbocycles. The SMILES string of the molecule is N#Cc1ccc(-c2cccc(-c3nc(-c4ccccc4)nc(-c4ccccc4-c4ccccc4-c4nc(-c5ccccc5)nc5ccccc45)n3)c2)cc1. The summed E-state index contributed by atoms with van der Waals surface area (Å²) < 4.78 is 0. The highest BCUT2D eigenvalue weighted by molar-refractivity contribution is 5.99. The summed E-state index contributed by atoms with van der Waals surface area (Å²) in [6.45, 7) is 0. The molecular formula is C48H30N6. The van der Waals surface area contributed by atoms with Crippen molar-refractivity contribution in [2.24, 2.45) is 0 Å². The zero-order valence-electron chi connectivity index (χ0n) is 29.0. The van der Waals surface area contributed by atoms with E-state index >= 15 is 0 Å². The van der Waals surface area contributed by atoms with Gasteiger partial charge in [-0.15, -0.1) is 0 Å². The van der Waals surface area contributed by atoms with Crippen molar-refractivity contribution in [3.05, 3.63) is 188 Å². The molecule has 0 radical (unpaired) electrons. The summed E-state index contributed by atoms with van der Waals surface area (Å²) in [7, 11) is 0. The van der Waals surface area contributed by atoms with Crippen molar-refractivity contribution in [1.82, 2.24) is 24.9 Å². The van der Waals surface area contributed by atoms with E-state index in [-0.39, 0.29) is 0 Å². The van der Waals surface area contributed by atoms with Gasteiger partial charge < -0.3 is 0 Å². The van der Waals surface area contributed by atoms with E-state index in [1.807, 2.05) is 127 Å². The van der Waals surface area contributed by atoms with Crippen molar-refractivity contribution < 1.29 is 0 Å². The minimum absolute atomic E-state index is 0.561. The fourth-order valence-corrected chi connectivity index (χ4v) is 6.75. The van der Waals surface area contributed by atoms with E-state index in [1.165, 1.54) is 0 Å². The third-order valence-corrected chi connectivity index (χ3v) is 9.41. The molecule has 0 atom stereocenters. The summed E-state index contributed by atoms with van der Waals surface area (Å²) >= 11 is 0. The Hall–Kier alpha value is -7.62. The van der Waals surface area contributed by atoms with Crippen molar-refractivity contribution in [1.29, 1.82) is 5.26 Å². The molecule has 6 heteroatoms. The maximum atomic E-state index is 9.32. The van der Waals surface area contributed by atoms with E-state index in [0.29, 0.717) is 28.9 Å². The molecule has 9 rings (SSSR count). The molecule has 9 aromatic rings. The van der Waals surface area contributed by atoms with Crippen LogP contribution < -0.4 is 0 Å². The van der Waals surface area contributed by atoms with Gasteiger partial charge in [0.2, 0.25) is 0 Å². The Kier molecular flexibility index (Phi) is 8.48. The largest absolute Gasteiger partial charge is 0.228 e. The fourth-order valence-electron chi connectivity index (χ4n) is 6.75. The Labute approximate surface area is 312 Å². The minimum atomic E-state index is 0.561. The van der Waals surface area contributed by atoms with Crippen LogP contribution in [0.25, 0.3) is 90.0 Å². The molecule has 7 aromatic carbocycles. The van der Waals surface area contributed by atoms with Crippen molar-refractivity contribution >= 4 is 10.9 Å². The Morgan fingerprint density at radius 1 is 0.333 bits per heavy atom. The molecule has 54 heavy (non-hydrogen) atoms. The van der Waals surface area contributed by atoms with Crippen molar-refractivity contribution in [3.63, 3.8) is 0 Å². The topological polar surface area (TPSA) is 88.2 Å². The van der Waals surface area contributed by atoms with E-state index < -0.39 is 0 Å². The summed E-state index contributed by atoms with van der Waals surface area (Å²) in [6.07, 6.45) is 0. The van der Waals surface area contributed by atoms with Gasteiger partial charge in [0, 0.05) is 33.2 Å². The van der Waals surface area contributed by atoms with Gasteiger partial charge in [-0.2, -0.15) is 5.26 Å². The number of fused-ring (bicyclic) bond motifs is 1. The lowest BCUT2D eigenvalue weighted by atomic mass is 9.92. The molecule has 6 nitrogen and oxygen atoms in total. The lowest BCUT2D eigenvalue weighted by Crippen LogP contribution is -2.01. The van der Waals surface area contributed by atoms with Crippen molar-refractivity contribution in [3.8, 4) is 85.1 Å². The first-order valence-corrected chi connectivity index (χ1v) is 17.7. The molecule has 0 bridgehead atoms. The van der Waals surface area contributed by atoms with Gasteiger partial charge in [-0.3, -0.25) is 0 Å². The van der Waals surface area contributed by atoms with Crippen LogP contribution in [0.5, 0.6) is 0 Å². The molecule has 0 aliphatic heterocycles. The third-order valence-electron chi connectivity index (χ3n) is 9.41. The predicted molar refractivity (Wildman–Crippen MR) is 216 cm³/mol. The number of hydrogen-bond acceptors (Lipinski definition) is 6. The molecule has 252 valence electrons. The number of para-hydroxylation sites is 1. The van der Waals surface area contributed by atoms with Crippen LogP contribution in [0.15, 0.2) is 182 Å². The van der Waals surface area contributed by atoms with Gasteiger partial charge in [-0.1, -0.05) is 158 Å². The zero-order chi connectivity index (χ0) is 36.3. The number of hydrogen-bond donors (Lipinski definition) is 0. The van der Waals surface area contributed by atoms with Crippen LogP contribution in [0.4, 0.5) is 0 Å². The van der Waals surface area contributed by atoms with E-state index in [2.05, 4.69) is 60.7 Å². The van der Waals surface area contributed by atoms with Gasteiger partial charge in [-0.05, 0) is 46.5 Å². The summed E-state index contributed by atoms with van der Waals surface area (Å²) in [5, 5.41) is 10.3. The molecule has 0 unspecified atom stereocenters. The van der Waals surface area contributed by atoms with Crippen LogP contribution in [0.1, 0.15) is 5.56 Å². The van der Waals surface area contributed by atoms with Crippen LogP contribution >= 0.6 is 0 Å². The number of nitrogens with zero attached hydrogens (tertiary/aromatic N) is 6. The van der Waals surface area contributed by atoms with Gasteiger partial charge in [0.15, 0.2) is 23.3 Å². The number of rotatable bonds is 7. The number of aromatic nitrogens is 5. The van der Waals surface area contributed by atoms with E-state index in [4.69, 9.17) is 24.9 Å². The Balaban J connectivity index is 1.22. The fraction of sp³-hybridized carbons (Fsp3) is 0. The first-order chi connectivity index (χ1) is 26.7. The molecule has 0 amide bonds. The average Bonchev–Trinajstić information content (AvgIpc) is 3.26. The predicted octanol–water partition coefficient (Wildman–Crippen LogP) is 11.4. The summed E-state index contributed by atoms with van der Waals surface area (Å²) in [5.41, 5.74) is 10.9. The molecule has 0 N–H and O–H groups in total. The lowest BCUT2D eigenvalue weighted by molar-refractivity contribution is 1.07. The maximum Gasteiger partial charge on any atom is 0.164 e. The third kappa shape index (κ3) is 6.27. The molecule has 0 fully saturated rings. The second-order valence-corrected chi connectivity index (χ2v) is 12.8. The van der Waals surface area contributed by atoms with E-state index in [0.717, 1.165) is 66.7 Å². The second kappa shape index (κ2) is 14.2. The normalized spacial score (nSPS) is 10.9. The van der Waals surface area contributed by atoms with Gasteiger partial charge in [-0.25, -0.2) is 24.9 Å². The Morgan fingerprint density at radius 3 is 1.52 bits per heavy atom. The van der Waals surface area contributed by atoms with E-state index in [9.17, 15) is 5.26 Å². The van der Waals surface area contributed by atoms with Gasteiger partial charge in [0.05, 0.1) is 22.8 Å². The highest BCUT2D eigenvalue weighted by atomic mass is 15.0. The van der Waals surface area contributed by atoms with Crippen LogP contribution in [0, 0.1) is 11.3 Å². The van der Waals surface area contributed by atoms with Crippen LogP contribution in [-0.2, 0) is 0 Å². The summed E-state index contributed by atoms with van der Waals surface area (Å²) in [4.78, 5) is 25.5. The highest BCUT2D eigenvalue weighted by Gasteiger charge is 2.20. The Bertz CT molecular complexity index is 2830. The van der Waals surface area contributed by atoms with Crippen LogP contribution in [-0.4, -0.2) is 24.9 Å². The lowest BCUT2D eigenvalue weighted by Gasteiger charge is -2.16. The molecule has 0 aliphatic rings. The maximum absolute atomic E-state index is 9.32. The minimum Gasteiger partial charge on any atom is -0.228 e. The average molecular weight is 691 g/mol.